The molecule has 0 heterocycles. The number of carbonyl (C=O) groups is 1. The maximum atomic E-state index is 10.9. The molecule has 2 heteroatoms. The van der Waals surface area contributed by atoms with Crippen molar-refractivity contribution in [2.24, 2.45) is 0 Å². The average molecular weight is 182 g/mol. The van der Waals surface area contributed by atoms with E-state index in [-0.39, 0.29) is 5.97 Å². The number of esters is 1. The van der Waals surface area contributed by atoms with E-state index < -0.39 is 5.60 Å². The van der Waals surface area contributed by atoms with Crippen LogP contribution in [-0.2, 0) is 9.53 Å². The van der Waals surface area contributed by atoms with E-state index in [0.29, 0.717) is 0 Å². The predicted molar refractivity (Wildman–Crippen MR) is 54.4 cm³/mol. The summed E-state index contributed by atoms with van der Waals surface area (Å²) in [5.41, 5.74) is 0.783. The first-order chi connectivity index (χ1) is 5.87. The Bertz CT molecular complexity index is 220. The maximum Gasteiger partial charge on any atom is 0.330 e. The lowest BCUT2D eigenvalue weighted by Gasteiger charge is -2.22. The van der Waals surface area contributed by atoms with Gasteiger partial charge in [0.2, 0.25) is 0 Å². The minimum absolute atomic E-state index is 0.368. The van der Waals surface area contributed by atoms with Crippen molar-refractivity contribution in [1.29, 1.82) is 0 Å². The van der Waals surface area contributed by atoms with E-state index in [0.717, 1.165) is 6.42 Å². The molecule has 0 aromatic carbocycles. The van der Waals surface area contributed by atoms with Gasteiger partial charge in [0, 0.05) is 12.5 Å². The topological polar surface area (TPSA) is 26.3 Å². The Kier molecular flexibility index (Phi) is 4.46. The summed E-state index contributed by atoms with van der Waals surface area (Å²) < 4.78 is 5.14. The third-order valence-electron chi connectivity index (χ3n) is 1.55. The summed E-state index contributed by atoms with van der Waals surface area (Å²) in [5, 5.41) is 0. The highest BCUT2D eigenvalue weighted by atomic mass is 16.6. The molecule has 0 rings (SSSR count). The molecule has 0 radical (unpaired) electrons. The van der Waals surface area contributed by atoms with Crippen LogP contribution in [0.4, 0.5) is 0 Å². The quantitative estimate of drug-likeness (QED) is 0.379. The molecule has 74 valence electrons. The van der Waals surface area contributed by atoms with Crippen molar-refractivity contribution in [1.82, 2.24) is 0 Å². The summed E-state index contributed by atoms with van der Waals surface area (Å²) in [7, 11) is 0. The Morgan fingerprint density at radius 3 is 2.38 bits per heavy atom. The highest BCUT2D eigenvalue weighted by Gasteiger charge is 2.19. The molecular weight excluding hydrogens is 164 g/mol. The third kappa shape index (κ3) is 6.14. The number of allylic oxidation sites excluding steroid dienone is 1. The van der Waals surface area contributed by atoms with Crippen LogP contribution in [0, 0.1) is 0 Å². The van der Waals surface area contributed by atoms with E-state index in [4.69, 9.17) is 4.74 Å². The van der Waals surface area contributed by atoms with Crippen molar-refractivity contribution in [3.05, 3.63) is 24.3 Å². The van der Waals surface area contributed by atoms with Crippen LogP contribution in [0.2, 0.25) is 0 Å². The Morgan fingerprint density at radius 2 is 2.00 bits per heavy atom. The number of ether oxygens (including phenoxy) is 1. The van der Waals surface area contributed by atoms with Crippen molar-refractivity contribution >= 4 is 5.97 Å². The van der Waals surface area contributed by atoms with Gasteiger partial charge in [0.1, 0.15) is 5.60 Å². The zero-order valence-electron chi connectivity index (χ0n) is 8.89. The van der Waals surface area contributed by atoms with Gasteiger partial charge in [-0.05, 0) is 27.7 Å². The Labute approximate surface area is 80.3 Å². The Hall–Kier alpha value is -1.05. The SMILES string of the molecule is C=CC(=O)OC(C)(C)CC=C(C)C. The lowest BCUT2D eigenvalue weighted by molar-refractivity contribution is -0.149. The zero-order chi connectivity index (χ0) is 10.5. The molecule has 0 aliphatic heterocycles. The lowest BCUT2D eigenvalue weighted by Crippen LogP contribution is -2.26. The van der Waals surface area contributed by atoms with Gasteiger partial charge in [-0.15, -0.1) is 0 Å². The molecule has 0 N–H and O–H groups in total. The van der Waals surface area contributed by atoms with Crippen LogP contribution in [0.3, 0.4) is 0 Å². The molecule has 2 nitrogen and oxygen atoms in total. The van der Waals surface area contributed by atoms with Crippen LogP contribution < -0.4 is 0 Å². The van der Waals surface area contributed by atoms with Crippen LogP contribution in [0.15, 0.2) is 24.3 Å². The number of rotatable bonds is 4. The first-order valence-electron chi connectivity index (χ1n) is 4.36. The summed E-state index contributed by atoms with van der Waals surface area (Å²) >= 11 is 0. The second-order valence-corrected chi connectivity index (χ2v) is 3.87. The van der Waals surface area contributed by atoms with Crippen molar-refractivity contribution in [3.63, 3.8) is 0 Å². The van der Waals surface area contributed by atoms with Crippen molar-refractivity contribution in [2.75, 3.05) is 0 Å². The smallest absolute Gasteiger partial charge is 0.330 e. The van der Waals surface area contributed by atoms with E-state index in [9.17, 15) is 4.79 Å². The fourth-order valence-electron chi connectivity index (χ4n) is 0.806. The molecule has 0 aliphatic rings. The lowest BCUT2D eigenvalue weighted by atomic mass is 10.0. The predicted octanol–water partition coefficient (Wildman–Crippen LogP) is 2.85. The van der Waals surface area contributed by atoms with Gasteiger partial charge in [-0.1, -0.05) is 18.2 Å². The molecule has 0 atom stereocenters. The molecule has 0 saturated carbocycles. The van der Waals surface area contributed by atoms with Gasteiger partial charge in [-0.3, -0.25) is 0 Å². The first kappa shape index (κ1) is 11.9. The van der Waals surface area contributed by atoms with Gasteiger partial charge >= 0.3 is 5.97 Å². The van der Waals surface area contributed by atoms with Crippen molar-refractivity contribution in [2.45, 2.75) is 39.7 Å². The minimum Gasteiger partial charge on any atom is -0.456 e. The van der Waals surface area contributed by atoms with Crippen molar-refractivity contribution in [3.8, 4) is 0 Å². The molecule has 0 aromatic rings. The van der Waals surface area contributed by atoms with Crippen LogP contribution in [0.1, 0.15) is 34.1 Å². The standard InChI is InChI=1S/C11H18O2/c1-6-10(12)13-11(4,5)8-7-9(2)3/h6-7H,1,8H2,2-5H3. The Balaban J connectivity index is 4.15. The molecule has 0 aromatic heterocycles. The highest BCUT2D eigenvalue weighted by Crippen LogP contribution is 2.16. The molecule has 0 saturated heterocycles. The highest BCUT2D eigenvalue weighted by molar-refractivity contribution is 5.81. The number of hydrogen-bond donors (Lipinski definition) is 0. The third-order valence-corrected chi connectivity index (χ3v) is 1.55. The zero-order valence-corrected chi connectivity index (χ0v) is 8.89. The summed E-state index contributed by atoms with van der Waals surface area (Å²) in [6.07, 6.45) is 3.97. The van der Waals surface area contributed by atoms with Crippen LogP contribution >= 0.6 is 0 Å². The van der Waals surface area contributed by atoms with Crippen LogP contribution in [0.25, 0.3) is 0 Å². The van der Waals surface area contributed by atoms with Crippen LogP contribution in [-0.4, -0.2) is 11.6 Å². The second kappa shape index (κ2) is 4.85. The first-order valence-corrected chi connectivity index (χ1v) is 4.36. The molecule has 0 spiro atoms. The fourth-order valence-corrected chi connectivity index (χ4v) is 0.806. The molecule has 0 bridgehead atoms. The summed E-state index contributed by atoms with van der Waals surface area (Å²) in [4.78, 5) is 10.9. The summed E-state index contributed by atoms with van der Waals surface area (Å²) in [6.45, 7) is 11.2. The number of carbonyl (C=O) groups excluding carboxylic acids is 1. The summed E-state index contributed by atoms with van der Waals surface area (Å²) in [6, 6.07) is 0. The van der Waals surface area contributed by atoms with E-state index in [1.807, 2.05) is 27.7 Å². The van der Waals surface area contributed by atoms with E-state index in [1.54, 1.807) is 0 Å². The van der Waals surface area contributed by atoms with Crippen LogP contribution in [0.5, 0.6) is 0 Å². The molecule has 0 fully saturated rings. The minimum atomic E-state index is -0.442. The monoisotopic (exact) mass is 182 g/mol. The maximum absolute atomic E-state index is 10.9. The van der Waals surface area contributed by atoms with Gasteiger partial charge in [-0.2, -0.15) is 0 Å². The molecule has 13 heavy (non-hydrogen) atoms. The van der Waals surface area contributed by atoms with Gasteiger partial charge in [0.05, 0.1) is 0 Å². The average Bonchev–Trinajstić information content (AvgIpc) is 2.00. The normalized spacial score (nSPS) is 10.5. The molecule has 0 unspecified atom stereocenters. The second-order valence-electron chi connectivity index (χ2n) is 3.87. The largest absolute Gasteiger partial charge is 0.456 e. The molecule has 0 aliphatic carbocycles. The van der Waals surface area contributed by atoms with E-state index in [2.05, 4.69) is 12.7 Å². The van der Waals surface area contributed by atoms with Gasteiger partial charge < -0.3 is 4.74 Å². The number of hydrogen-bond acceptors (Lipinski definition) is 2. The van der Waals surface area contributed by atoms with Gasteiger partial charge in [0.15, 0.2) is 0 Å². The Morgan fingerprint density at radius 1 is 1.46 bits per heavy atom. The van der Waals surface area contributed by atoms with E-state index in [1.165, 1.54) is 11.6 Å². The fraction of sp³-hybridized carbons (Fsp3) is 0.545. The van der Waals surface area contributed by atoms with E-state index >= 15 is 0 Å². The molecule has 0 amide bonds. The molecular formula is C11H18O2. The van der Waals surface area contributed by atoms with Gasteiger partial charge in [0.25, 0.3) is 0 Å². The summed E-state index contributed by atoms with van der Waals surface area (Å²) in [5.74, 6) is -0.368. The van der Waals surface area contributed by atoms with Gasteiger partial charge in [-0.25, -0.2) is 4.79 Å². The van der Waals surface area contributed by atoms with Crippen molar-refractivity contribution < 1.29 is 9.53 Å².